The number of ether oxygens (including phenoxy) is 1. The normalized spacial score (nSPS) is 12.1. The Kier molecular flexibility index (Phi) is 6.66. The number of methoxy groups -OCH3 is 1. The summed E-state index contributed by atoms with van der Waals surface area (Å²) < 4.78 is 7.15. The molecule has 0 aliphatic rings. The molecule has 0 bridgehead atoms. The number of nitrogens with two attached hydrogens (primary N) is 1. The molecule has 7 nitrogen and oxygen atoms in total. The quantitative estimate of drug-likeness (QED) is 0.438. The van der Waals surface area contributed by atoms with E-state index in [1.54, 1.807) is 18.1 Å². The van der Waals surface area contributed by atoms with Crippen molar-refractivity contribution >= 4 is 0 Å². The van der Waals surface area contributed by atoms with Gasteiger partial charge in [0.15, 0.2) is 0 Å². The van der Waals surface area contributed by atoms with Gasteiger partial charge in [0.25, 0.3) is 0 Å². The molecule has 3 N–H and O–H groups in total. The number of hydrogen-bond acceptors (Lipinski definition) is 6. The SMILES string of the molecule is COc1ccc(-n2cnnn2)cc1CNCC(N)C(c1ccccc1)c1ccccc1. The Balaban J connectivity index is 1.49. The van der Waals surface area contributed by atoms with Gasteiger partial charge >= 0.3 is 0 Å². The fraction of sp³-hybridized carbons (Fsp3) is 0.208. The fourth-order valence-electron chi connectivity index (χ4n) is 3.82. The van der Waals surface area contributed by atoms with Crippen LogP contribution in [-0.2, 0) is 6.54 Å². The lowest BCUT2D eigenvalue weighted by Gasteiger charge is -2.25. The van der Waals surface area contributed by atoms with Crippen LogP contribution >= 0.6 is 0 Å². The van der Waals surface area contributed by atoms with E-state index in [1.165, 1.54) is 11.1 Å². The highest BCUT2D eigenvalue weighted by Crippen LogP contribution is 2.27. The van der Waals surface area contributed by atoms with Gasteiger partial charge in [-0.15, -0.1) is 5.10 Å². The minimum atomic E-state index is -0.0986. The second-order valence-electron chi connectivity index (χ2n) is 7.34. The predicted molar refractivity (Wildman–Crippen MR) is 120 cm³/mol. The van der Waals surface area contributed by atoms with Crippen molar-refractivity contribution in [3.05, 3.63) is 102 Å². The molecule has 4 aromatic rings. The molecule has 31 heavy (non-hydrogen) atoms. The van der Waals surface area contributed by atoms with Crippen LogP contribution in [-0.4, -0.2) is 39.9 Å². The molecule has 158 valence electrons. The van der Waals surface area contributed by atoms with Crippen LogP contribution in [0.5, 0.6) is 5.75 Å². The molecule has 1 heterocycles. The van der Waals surface area contributed by atoms with Crippen molar-refractivity contribution in [1.29, 1.82) is 0 Å². The molecule has 0 saturated heterocycles. The van der Waals surface area contributed by atoms with Crippen molar-refractivity contribution < 1.29 is 4.74 Å². The average molecular weight is 415 g/mol. The Morgan fingerprint density at radius 1 is 0.968 bits per heavy atom. The van der Waals surface area contributed by atoms with Gasteiger partial charge in [-0.1, -0.05) is 60.7 Å². The van der Waals surface area contributed by atoms with Gasteiger partial charge in [-0.05, 0) is 39.8 Å². The first-order valence-electron chi connectivity index (χ1n) is 10.2. The molecule has 0 spiro atoms. The molecule has 0 amide bonds. The van der Waals surface area contributed by atoms with Gasteiger partial charge in [-0.2, -0.15) is 0 Å². The van der Waals surface area contributed by atoms with Crippen LogP contribution in [0, 0.1) is 0 Å². The van der Waals surface area contributed by atoms with Crippen molar-refractivity contribution in [1.82, 2.24) is 25.5 Å². The van der Waals surface area contributed by atoms with E-state index in [1.807, 2.05) is 30.3 Å². The third-order valence-corrected chi connectivity index (χ3v) is 5.32. The smallest absolute Gasteiger partial charge is 0.143 e. The van der Waals surface area contributed by atoms with Gasteiger partial charge < -0.3 is 15.8 Å². The summed E-state index contributed by atoms with van der Waals surface area (Å²) >= 11 is 0. The Morgan fingerprint density at radius 3 is 2.23 bits per heavy atom. The van der Waals surface area contributed by atoms with Crippen molar-refractivity contribution in [2.75, 3.05) is 13.7 Å². The van der Waals surface area contributed by atoms with Crippen LogP contribution in [0.2, 0.25) is 0 Å². The van der Waals surface area contributed by atoms with E-state index in [0.29, 0.717) is 13.1 Å². The lowest BCUT2D eigenvalue weighted by molar-refractivity contribution is 0.406. The highest BCUT2D eigenvalue weighted by atomic mass is 16.5. The highest BCUT2D eigenvalue weighted by molar-refractivity contribution is 5.43. The molecule has 0 saturated carbocycles. The molecule has 0 aliphatic carbocycles. The molecule has 4 rings (SSSR count). The van der Waals surface area contributed by atoms with Crippen LogP contribution < -0.4 is 15.8 Å². The van der Waals surface area contributed by atoms with E-state index >= 15 is 0 Å². The first kappa shape index (κ1) is 20.7. The first-order valence-corrected chi connectivity index (χ1v) is 10.2. The Labute approximate surface area is 181 Å². The third kappa shape index (κ3) is 4.96. The van der Waals surface area contributed by atoms with Crippen LogP contribution in [0.15, 0.2) is 85.2 Å². The number of benzene rings is 3. The van der Waals surface area contributed by atoms with E-state index in [9.17, 15) is 0 Å². The summed E-state index contributed by atoms with van der Waals surface area (Å²) in [5.41, 5.74) is 11.0. The maximum Gasteiger partial charge on any atom is 0.143 e. The Hall–Kier alpha value is -3.55. The molecule has 0 radical (unpaired) electrons. The number of hydrogen-bond donors (Lipinski definition) is 2. The zero-order valence-corrected chi connectivity index (χ0v) is 17.4. The lowest BCUT2D eigenvalue weighted by atomic mass is 9.85. The zero-order valence-electron chi connectivity index (χ0n) is 17.4. The predicted octanol–water partition coefficient (Wildman–Crippen LogP) is 2.92. The summed E-state index contributed by atoms with van der Waals surface area (Å²) in [7, 11) is 1.67. The average Bonchev–Trinajstić information content (AvgIpc) is 3.36. The van der Waals surface area contributed by atoms with Gasteiger partial charge in [-0.25, -0.2) is 4.68 Å². The minimum Gasteiger partial charge on any atom is -0.496 e. The van der Waals surface area contributed by atoms with Gasteiger partial charge in [0.2, 0.25) is 0 Å². The van der Waals surface area contributed by atoms with E-state index in [-0.39, 0.29) is 12.0 Å². The molecule has 1 unspecified atom stereocenters. The molecule has 1 aromatic heterocycles. The monoisotopic (exact) mass is 414 g/mol. The number of tetrazole rings is 1. The molecule has 3 aromatic carbocycles. The van der Waals surface area contributed by atoms with Crippen LogP contribution in [0.4, 0.5) is 0 Å². The molecular formula is C24H26N6O. The van der Waals surface area contributed by atoms with E-state index < -0.39 is 0 Å². The van der Waals surface area contributed by atoms with Crippen molar-refractivity contribution in [3.8, 4) is 11.4 Å². The fourth-order valence-corrected chi connectivity index (χ4v) is 3.82. The standard InChI is InChI=1S/C24H26N6O/c1-31-23-13-12-21(30-17-27-28-29-30)14-20(23)15-26-16-22(25)24(18-8-4-2-5-9-18)19-10-6-3-7-11-19/h2-14,17,22,24,26H,15-16,25H2,1H3. The summed E-state index contributed by atoms with van der Waals surface area (Å²) in [6.07, 6.45) is 1.57. The minimum absolute atomic E-state index is 0.0986. The van der Waals surface area contributed by atoms with Gasteiger partial charge in [0.05, 0.1) is 12.8 Å². The van der Waals surface area contributed by atoms with Crippen LogP contribution in [0.25, 0.3) is 5.69 Å². The van der Waals surface area contributed by atoms with Crippen molar-refractivity contribution in [3.63, 3.8) is 0 Å². The summed E-state index contributed by atoms with van der Waals surface area (Å²) in [6.45, 7) is 1.26. The van der Waals surface area contributed by atoms with E-state index in [4.69, 9.17) is 10.5 Å². The third-order valence-electron chi connectivity index (χ3n) is 5.32. The highest BCUT2D eigenvalue weighted by Gasteiger charge is 2.21. The second-order valence-corrected chi connectivity index (χ2v) is 7.34. The van der Waals surface area contributed by atoms with Crippen molar-refractivity contribution in [2.45, 2.75) is 18.5 Å². The molecule has 1 atom stereocenters. The summed E-state index contributed by atoms with van der Waals surface area (Å²) in [6, 6.07) is 26.6. The summed E-state index contributed by atoms with van der Waals surface area (Å²) in [4.78, 5) is 0. The van der Waals surface area contributed by atoms with Crippen LogP contribution in [0.3, 0.4) is 0 Å². The molecular weight excluding hydrogens is 388 g/mol. The number of rotatable bonds is 9. The Bertz CT molecular complexity index is 1030. The molecule has 7 heteroatoms. The summed E-state index contributed by atoms with van der Waals surface area (Å²) in [5.74, 6) is 0.907. The van der Waals surface area contributed by atoms with Crippen LogP contribution in [0.1, 0.15) is 22.6 Å². The van der Waals surface area contributed by atoms with Crippen molar-refractivity contribution in [2.24, 2.45) is 5.73 Å². The van der Waals surface area contributed by atoms with E-state index in [0.717, 1.165) is 17.0 Å². The zero-order chi connectivity index (χ0) is 21.5. The van der Waals surface area contributed by atoms with Gasteiger partial charge in [0, 0.05) is 30.6 Å². The molecule has 0 aliphatic heterocycles. The number of nitrogens with zero attached hydrogens (tertiary/aromatic N) is 4. The molecule has 0 fully saturated rings. The van der Waals surface area contributed by atoms with Gasteiger partial charge in [0.1, 0.15) is 12.1 Å². The lowest BCUT2D eigenvalue weighted by Crippen LogP contribution is -2.39. The summed E-state index contributed by atoms with van der Waals surface area (Å²) in [5, 5.41) is 14.9. The van der Waals surface area contributed by atoms with Gasteiger partial charge in [-0.3, -0.25) is 0 Å². The topological polar surface area (TPSA) is 90.9 Å². The Morgan fingerprint density at radius 2 is 1.65 bits per heavy atom. The number of nitrogens with one attached hydrogen (secondary N) is 1. The maximum absolute atomic E-state index is 6.70. The second kappa shape index (κ2) is 9.97. The largest absolute Gasteiger partial charge is 0.496 e. The number of aromatic nitrogens is 4. The first-order chi connectivity index (χ1) is 15.3. The maximum atomic E-state index is 6.70. The van der Waals surface area contributed by atoms with E-state index in [2.05, 4.69) is 69.4 Å².